The van der Waals surface area contributed by atoms with Gasteiger partial charge in [0.05, 0.1) is 5.41 Å². The summed E-state index contributed by atoms with van der Waals surface area (Å²) in [5, 5.41) is 0. The summed E-state index contributed by atoms with van der Waals surface area (Å²) in [4.78, 5) is 12.4. The minimum absolute atomic E-state index is 0.0479. The van der Waals surface area contributed by atoms with Gasteiger partial charge < -0.3 is 4.74 Å². The van der Waals surface area contributed by atoms with Gasteiger partial charge in [0.1, 0.15) is 5.60 Å². The Hall–Kier alpha value is -0.790. The van der Waals surface area contributed by atoms with Crippen LogP contribution in [0.5, 0.6) is 0 Å². The predicted octanol–water partition coefficient (Wildman–Crippen LogP) is 4.49. The Labute approximate surface area is 123 Å². The lowest BCUT2D eigenvalue weighted by Crippen LogP contribution is -2.48. The molecular weight excluding hydrogens is 248 g/mol. The Morgan fingerprint density at radius 1 is 1.15 bits per heavy atom. The lowest BCUT2D eigenvalue weighted by molar-refractivity contribution is -0.165. The molecule has 0 aromatic carbocycles. The standard InChI is InChI=1S/C18H28O2/c1-6-17(2,3)16(19)20-18(4,5)14-9-11-7-12-10-13(8-11)15(12)14/h11-13H,6-10H2,1-5H3. The summed E-state index contributed by atoms with van der Waals surface area (Å²) in [5.41, 5.74) is 2.34. The molecule has 0 radical (unpaired) electrons. The molecule has 2 heteroatoms. The molecule has 112 valence electrons. The zero-order valence-electron chi connectivity index (χ0n) is 13.6. The summed E-state index contributed by atoms with van der Waals surface area (Å²) in [6.07, 6.45) is 6.15. The third-order valence-corrected chi connectivity index (χ3v) is 6.04. The van der Waals surface area contributed by atoms with Crippen LogP contribution in [0.1, 0.15) is 66.7 Å². The van der Waals surface area contributed by atoms with Gasteiger partial charge in [-0.05, 0) is 83.1 Å². The summed E-state index contributed by atoms with van der Waals surface area (Å²) in [6.45, 7) is 10.2. The van der Waals surface area contributed by atoms with Gasteiger partial charge in [-0.1, -0.05) is 12.5 Å². The van der Waals surface area contributed by atoms with Gasteiger partial charge in [-0.25, -0.2) is 0 Å². The van der Waals surface area contributed by atoms with E-state index in [0.29, 0.717) is 0 Å². The molecule has 0 aliphatic heterocycles. The van der Waals surface area contributed by atoms with Crippen LogP contribution in [0.2, 0.25) is 0 Å². The van der Waals surface area contributed by atoms with Gasteiger partial charge in [0.25, 0.3) is 0 Å². The Bertz CT molecular complexity index is 456. The van der Waals surface area contributed by atoms with Gasteiger partial charge in [0, 0.05) is 0 Å². The second-order valence-corrected chi connectivity index (χ2v) is 8.24. The molecule has 0 aromatic rings. The number of rotatable bonds is 4. The topological polar surface area (TPSA) is 26.3 Å². The summed E-state index contributed by atoms with van der Waals surface area (Å²) in [6, 6.07) is 0. The molecule has 0 amide bonds. The van der Waals surface area contributed by atoms with Crippen molar-refractivity contribution in [2.75, 3.05) is 0 Å². The predicted molar refractivity (Wildman–Crippen MR) is 80.2 cm³/mol. The van der Waals surface area contributed by atoms with Crippen LogP contribution in [0, 0.1) is 23.2 Å². The summed E-state index contributed by atoms with van der Waals surface area (Å²) in [7, 11) is 0. The minimum atomic E-state index is -0.408. The molecular formula is C18H28O2. The lowest BCUT2D eigenvalue weighted by atomic mass is 9.50. The SMILES string of the molecule is CCC(C)(C)C(=O)OC(C)(C)C1=C2C3CC(C1)CC2C3. The first kappa shape index (κ1) is 14.2. The zero-order valence-corrected chi connectivity index (χ0v) is 13.6. The molecule has 3 saturated carbocycles. The molecule has 4 bridgehead atoms. The molecule has 5 aliphatic carbocycles. The van der Waals surface area contributed by atoms with Crippen LogP contribution in [0.15, 0.2) is 11.1 Å². The lowest BCUT2D eigenvalue weighted by Gasteiger charge is -2.56. The molecule has 20 heavy (non-hydrogen) atoms. The van der Waals surface area contributed by atoms with Crippen molar-refractivity contribution < 1.29 is 9.53 Å². The van der Waals surface area contributed by atoms with Crippen LogP contribution in [-0.2, 0) is 9.53 Å². The summed E-state index contributed by atoms with van der Waals surface area (Å²) >= 11 is 0. The number of allylic oxidation sites excluding steroid dienone is 1. The van der Waals surface area contributed by atoms with E-state index in [9.17, 15) is 4.79 Å². The van der Waals surface area contributed by atoms with Crippen molar-refractivity contribution in [3.63, 3.8) is 0 Å². The molecule has 0 N–H and O–H groups in total. The van der Waals surface area contributed by atoms with Gasteiger partial charge in [-0.3, -0.25) is 4.79 Å². The number of carbonyl (C=O) groups is 1. The van der Waals surface area contributed by atoms with Gasteiger partial charge in [0.15, 0.2) is 0 Å². The molecule has 2 atom stereocenters. The largest absolute Gasteiger partial charge is 0.455 e. The van der Waals surface area contributed by atoms with E-state index in [4.69, 9.17) is 4.74 Å². The quantitative estimate of drug-likeness (QED) is 0.558. The molecule has 0 aromatic heterocycles. The van der Waals surface area contributed by atoms with Crippen LogP contribution in [0.4, 0.5) is 0 Å². The van der Waals surface area contributed by atoms with Crippen LogP contribution < -0.4 is 0 Å². The summed E-state index contributed by atoms with van der Waals surface area (Å²) < 4.78 is 5.96. The van der Waals surface area contributed by atoms with Gasteiger partial charge in [-0.15, -0.1) is 0 Å². The highest BCUT2D eigenvalue weighted by molar-refractivity contribution is 5.76. The summed E-state index contributed by atoms with van der Waals surface area (Å²) in [5.74, 6) is 2.44. The van der Waals surface area contributed by atoms with Crippen LogP contribution >= 0.6 is 0 Å². The first-order chi connectivity index (χ1) is 9.24. The van der Waals surface area contributed by atoms with Crippen molar-refractivity contribution in [1.82, 2.24) is 0 Å². The maximum absolute atomic E-state index is 12.4. The van der Waals surface area contributed by atoms with E-state index in [0.717, 1.165) is 30.6 Å². The zero-order chi connectivity index (χ0) is 14.7. The van der Waals surface area contributed by atoms with Crippen LogP contribution in [0.25, 0.3) is 0 Å². The highest BCUT2D eigenvalue weighted by Crippen LogP contribution is 2.61. The number of hydrogen-bond donors (Lipinski definition) is 0. The van der Waals surface area contributed by atoms with E-state index < -0.39 is 5.60 Å². The highest BCUT2D eigenvalue weighted by Gasteiger charge is 2.51. The number of fused-ring (bicyclic) bond motifs is 1. The Kier molecular flexibility index (Phi) is 3.08. The van der Waals surface area contributed by atoms with E-state index in [2.05, 4.69) is 13.8 Å². The fourth-order valence-corrected chi connectivity index (χ4v) is 4.35. The third-order valence-electron chi connectivity index (χ3n) is 6.04. The fraction of sp³-hybridized carbons (Fsp3) is 0.833. The van der Waals surface area contributed by atoms with Gasteiger partial charge >= 0.3 is 5.97 Å². The highest BCUT2D eigenvalue weighted by atomic mass is 16.6. The number of carbonyl (C=O) groups excluding carboxylic acids is 1. The molecule has 0 spiro atoms. The van der Waals surface area contributed by atoms with E-state index in [1.54, 1.807) is 5.57 Å². The van der Waals surface area contributed by atoms with Crippen molar-refractivity contribution in [3.05, 3.63) is 11.1 Å². The molecule has 0 saturated heterocycles. The van der Waals surface area contributed by atoms with Crippen molar-refractivity contribution in [3.8, 4) is 0 Å². The first-order valence-electron chi connectivity index (χ1n) is 8.21. The molecule has 0 heterocycles. The smallest absolute Gasteiger partial charge is 0.312 e. The first-order valence-corrected chi connectivity index (χ1v) is 8.21. The Balaban J connectivity index is 1.81. The second kappa shape index (κ2) is 4.35. The molecule has 5 aliphatic rings. The third kappa shape index (κ3) is 2.03. The fourth-order valence-electron chi connectivity index (χ4n) is 4.35. The van der Waals surface area contributed by atoms with Gasteiger partial charge in [0.2, 0.25) is 0 Å². The second-order valence-electron chi connectivity index (χ2n) is 8.24. The molecule has 5 rings (SSSR count). The normalized spacial score (nSPS) is 32.1. The van der Waals surface area contributed by atoms with Crippen LogP contribution in [0.3, 0.4) is 0 Å². The Morgan fingerprint density at radius 2 is 1.75 bits per heavy atom. The maximum atomic E-state index is 12.4. The van der Waals surface area contributed by atoms with E-state index in [-0.39, 0.29) is 11.4 Å². The average molecular weight is 276 g/mol. The van der Waals surface area contributed by atoms with Crippen LogP contribution in [-0.4, -0.2) is 11.6 Å². The van der Waals surface area contributed by atoms with E-state index in [1.165, 1.54) is 24.8 Å². The maximum Gasteiger partial charge on any atom is 0.312 e. The van der Waals surface area contributed by atoms with E-state index in [1.807, 2.05) is 20.8 Å². The van der Waals surface area contributed by atoms with Crippen molar-refractivity contribution in [2.24, 2.45) is 23.2 Å². The van der Waals surface area contributed by atoms with Crippen molar-refractivity contribution >= 4 is 5.97 Å². The average Bonchev–Trinajstić information content (AvgIpc) is 2.37. The number of ether oxygens (including phenoxy) is 1. The van der Waals surface area contributed by atoms with E-state index >= 15 is 0 Å². The van der Waals surface area contributed by atoms with Gasteiger partial charge in [-0.2, -0.15) is 0 Å². The van der Waals surface area contributed by atoms with Crippen molar-refractivity contribution in [1.29, 1.82) is 0 Å². The number of hydrogen-bond acceptors (Lipinski definition) is 2. The van der Waals surface area contributed by atoms with Crippen molar-refractivity contribution in [2.45, 2.75) is 72.3 Å². The molecule has 3 fully saturated rings. The Morgan fingerprint density at radius 3 is 2.25 bits per heavy atom. The monoisotopic (exact) mass is 276 g/mol. The minimum Gasteiger partial charge on any atom is -0.455 e. The molecule has 2 unspecified atom stereocenters. The molecule has 2 nitrogen and oxygen atoms in total. The number of esters is 1.